The number of imide groups is 1. The lowest BCUT2D eigenvalue weighted by Gasteiger charge is -2.16. The molecule has 0 bridgehead atoms. The van der Waals surface area contributed by atoms with Crippen LogP contribution >= 0.6 is 0 Å². The number of carbonyl (C=O) groups excluding carboxylic acids is 2. The summed E-state index contributed by atoms with van der Waals surface area (Å²) in [4.78, 5) is 26.1. The second kappa shape index (κ2) is 7.49. The summed E-state index contributed by atoms with van der Waals surface area (Å²) in [6.45, 7) is 2.60. The van der Waals surface area contributed by atoms with Crippen LogP contribution in [-0.2, 0) is 16.0 Å². The summed E-state index contributed by atoms with van der Waals surface area (Å²) in [7, 11) is 1.64. The minimum Gasteiger partial charge on any atom is -0.497 e. The molecule has 2 aromatic rings. The van der Waals surface area contributed by atoms with Crippen LogP contribution in [0.3, 0.4) is 0 Å². The second-order valence-corrected chi connectivity index (χ2v) is 6.22. The van der Waals surface area contributed by atoms with Crippen LogP contribution in [0.2, 0.25) is 0 Å². The van der Waals surface area contributed by atoms with Crippen molar-refractivity contribution >= 4 is 17.5 Å². The Morgan fingerprint density at radius 3 is 2.64 bits per heavy atom. The molecule has 0 saturated carbocycles. The zero-order valence-corrected chi connectivity index (χ0v) is 14.5. The minimum absolute atomic E-state index is 0.160. The Morgan fingerprint density at radius 2 is 1.92 bits per heavy atom. The summed E-state index contributed by atoms with van der Waals surface area (Å²) < 4.78 is 5.21. The molecule has 2 aromatic carbocycles. The minimum atomic E-state index is -0.459. The standard InChI is InChI=1S/C20H22N2O3/c1-14-6-8-16(9-7-14)22-19(23)13-18(20(22)24)21-11-10-15-4-3-5-17(12-15)25-2/h3-9,12,18,21H,10-11,13H2,1-2H3/t18-/m0/s1. The van der Waals surface area contributed by atoms with Crippen molar-refractivity contribution in [2.75, 3.05) is 18.6 Å². The van der Waals surface area contributed by atoms with Gasteiger partial charge in [-0.25, -0.2) is 4.90 Å². The van der Waals surface area contributed by atoms with Crippen molar-refractivity contribution in [3.63, 3.8) is 0 Å². The van der Waals surface area contributed by atoms with E-state index in [2.05, 4.69) is 5.32 Å². The van der Waals surface area contributed by atoms with Gasteiger partial charge in [0.05, 0.1) is 25.3 Å². The molecule has 1 aliphatic rings. The molecule has 0 aliphatic carbocycles. The van der Waals surface area contributed by atoms with Gasteiger partial charge in [-0.05, 0) is 49.7 Å². The number of amides is 2. The van der Waals surface area contributed by atoms with Crippen LogP contribution in [0.15, 0.2) is 48.5 Å². The molecule has 1 heterocycles. The number of benzene rings is 2. The fraction of sp³-hybridized carbons (Fsp3) is 0.300. The van der Waals surface area contributed by atoms with Crippen molar-refractivity contribution in [2.45, 2.75) is 25.8 Å². The van der Waals surface area contributed by atoms with Crippen molar-refractivity contribution in [3.8, 4) is 5.75 Å². The maximum absolute atomic E-state index is 12.6. The van der Waals surface area contributed by atoms with Crippen LogP contribution in [0.25, 0.3) is 0 Å². The van der Waals surface area contributed by atoms with Gasteiger partial charge in [-0.15, -0.1) is 0 Å². The van der Waals surface area contributed by atoms with E-state index in [1.807, 2.05) is 55.5 Å². The molecule has 0 radical (unpaired) electrons. The second-order valence-electron chi connectivity index (χ2n) is 6.22. The summed E-state index contributed by atoms with van der Waals surface area (Å²) in [5.41, 5.74) is 2.85. The summed E-state index contributed by atoms with van der Waals surface area (Å²) in [5.74, 6) is 0.474. The summed E-state index contributed by atoms with van der Waals surface area (Å²) >= 11 is 0. The third-order valence-corrected chi connectivity index (χ3v) is 4.38. The van der Waals surface area contributed by atoms with Crippen molar-refractivity contribution in [1.29, 1.82) is 0 Å². The number of carbonyl (C=O) groups is 2. The highest BCUT2D eigenvalue weighted by Gasteiger charge is 2.39. The van der Waals surface area contributed by atoms with Gasteiger partial charge in [0.2, 0.25) is 5.91 Å². The first kappa shape index (κ1) is 17.2. The number of aryl methyl sites for hydroxylation is 1. The Kier molecular flexibility index (Phi) is 5.14. The van der Waals surface area contributed by atoms with E-state index in [9.17, 15) is 9.59 Å². The number of hydrogen-bond donors (Lipinski definition) is 1. The van der Waals surface area contributed by atoms with Gasteiger partial charge in [0, 0.05) is 0 Å². The molecule has 0 unspecified atom stereocenters. The van der Waals surface area contributed by atoms with Crippen LogP contribution in [-0.4, -0.2) is 31.5 Å². The number of nitrogens with one attached hydrogen (secondary N) is 1. The molecule has 0 spiro atoms. The molecule has 2 amide bonds. The van der Waals surface area contributed by atoms with E-state index in [1.165, 1.54) is 4.90 Å². The van der Waals surface area contributed by atoms with Gasteiger partial charge < -0.3 is 10.1 Å². The van der Waals surface area contributed by atoms with Gasteiger partial charge >= 0.3 is 0 Å². The molecular formula is C20H22N2O3. The zero-order valence-electron chi connectivity index (χ0n) is 14.5. The predicted octanol–water partition coefficient (Wildman–Crippen LogP) is 2.47. The average molecular weight is 338 g/mol. The highest BCUT2D eigenvalue weighted by molar-refractivity contribution is 6.22. The van der Waals surface area contributed by atoms with E-state index in [4.69, 9.17) is 4.74 Å². The lowest BCUT2D eigenvalue weighted by Crippen LogP contribution is -2.39. The van der Waals surface area contributed by atoms with E-state index in [-0.39, 0.29) is 18.2 Å². The molecular weight excluding hydrogens is 316 g/mol. The molecule has 0 aromatic heterocycles. The summed E-state index contributed by atoms with van der Waals surface area (Å²) in [6.07, 6.45) is 0.963. The fourth-order valence-electron chi connectivity index (χ4n) is 2.98. The van der Waals surface area contributed by atoms with Crippen LogP contribution in [0.1, 0.15) is 17.5 Å². The number of rotatable bonds is 6. The third kappa shape index (κ3) is 3.88. The van der Waals surface area contributed by atoms with Crippen LogP contribution in [0.4, 0.5) is 5.69 Å². The van der Waals surface area contributed by atoms with Crippen molar-refractivity contribution in [2.24, 2.45) is 0 Å². The van der Waals surface area contributed by atoms with Crippen LogP contribution in [0, 0.1) is 6.92 Å². The Bertz CT molecular complexity index is 771. The lowest BCUT2D eigenvalue weighted by atomic mass is 10.1. The van der Waals surface area contributed by atoms with E-state index in [0.29, 0.717) is 12.2 Å². The number of ether oxygens (including phenoxy) is 1. The van der Waals surface area contributed by atoms with Gasteiger partial charge in [0.1, 0.15) is 5.75 Å². The van der Waals surface area contributed by atoms with Gasteiger partial charge in [0.25, 0.3) is 5.91 Å². The predicted molar refractivity (Wildman–Crippen MR) is 96.8 cm³/mol. The average Bonchev–Trinajstić information content (AvgIpc) is 2.90. The van der Waals surface area contributed by atoms with Crippen LogP contribution in [0.5, 0.6) is 5.75 Å². The Labute approximate surface area is 147 Å². The Morgan fingerprint density at radius 1 is 1.16 bits per heavy atom. The molecule has 130 valence electrons. The SMILES string of the molecule is COc1cccc(CCN[C@H]2CC(=O)N(c3ccc(C)cc3)C2=O)c1. The Balaban J connectivity index is 1.59. The first-order valence-corrected chi connectivity index (χ1v) is 8.38. The van der Waals surface area contributed by atoms with Crippen LogP contribution < -0.4 is 15.0 Å². The molecule has 5 nitrogen and oxygen atoms in total. The highest BCUT2D eigenvalue weighted by Crippen LogP contribution is 2.23. The topological polar surface area (TPSA) is 58.6 Å². The lowest BCUT2D eigenvalue weighted by molar-refractivity contribution is -0.121. The fourth-order valence-corrected chi connectivity index (χ4v) is 2.98. The number of hydrogen-bond acceptors (Lipinski definition) is 4. The van der Waals surface area contributed by atoms with Crippen molar-refractivity contribution < 1.29 is 14.3 Å². The van der Waals surface area contributed by atoms with Crippen molar-refractivity contribution in [1.82, 2.24) is 5.32 Å². The molecule has 5 heteroatoms. The highest BCUT2D eigenvalue weighted by atomic mass is 16.5. The molecule has 3 rings (SSSR count). The van der Waals surface area contributed by atoms with E-state index < -0.39 is 6.04 Å². The molecule has 1 atom stereocenters. The quantitative estimate of drug-likeness (QED) is 0.822. The first-order valence-electron chi connectivity index (χ1n) is 8.38. The molecule has 1 saturated heterocycles. The largest absolute Gasteiger partial charge is 0.497 e. The van der Waals surface area contributed by atoms with Gasteiger partial charge in [-0.2, -0.15) is 0 Å². The third-order valence-electron chi connectivity index (χ3n) is 4.38. The van der Waals surface area contributed by atoms with Gasteiger partial charge in [-0.1, -0.05) is 29.8 Å². The summed E-state index contributed by atoms with van der Waals surface area (Å²) in [6, 6.07) is 14.8. The van der Waals surface area contributed by atoms with E-state index >= 15 is 0 Å². The van der Waals surface area contributed by atoms with E-state index in [0.717, 1.165) is 23.3 Å². The first-order chi connectivity index (χ1) is 12.1. The molecule has 25 heavy (non-hydrogen) atoms. The van der Waals surface area contributed by atoms with Gasteiger partial charge in [-0.3, -0.25) is 9.59 Å². The summed E-state index contributed by atoms with van der Waals surface area (Å²) in [5, 5.41) is 3.21. The number of anilines is 1. The van der Waals surface area contributed by atoms with E-state index in [1.54, 1.807) is 7.11 Å². The number of nitrogens with zero attached hydrogens (tertiary/aromatic N) is 1. The normalized spacial score (nSPS) is 17.2. The monoisotopic (exact) mass is 338 g/mol. The van der Waals surface area contributed by atoms with Gasteiger partial charge in [0.15, 0.2) is 0 Å². The molecule has 1 aliphatic heterocycles. The maximum Gasteiger partial charge on any atom is 0.251 e. The smallest absolute Gasteiger partial charge is 0.251 e. The maximum atomic E-state index is 12.6. The Hall–Kier alpha value is -2.66. The molecule has 1 fully saturated rings. The van der Waals surface area contributed by atoms with Crippen molar-refractivity contribution in [3.05, 3.63) is 59.7 Å². The zero-order chi connectivity index (χ0) is 17.8. The molecule has 1 N–H and O–H groups in total. The number of methoxy groups -OCH3 is 1.